The maximum Gasteiger partial charge on any atom is 0.387 e. The molecule has 1 heterocycles. The third-order valence-electron chi connectivity index (χ3n) is 4.29. The van der Waals surface area contributed by atoms with Crippen LogP contribution in [0, 0.1) is 5.92 Å². The van der Waals surface area contributed by atoms with Crippen LogP contribution in [0.2, 0.25) is 5.02 Å². The molecular formula is C19H17ClF2N2O4. The highest BCUT2D eigenvalue weighted by Gasteiger charge is 2.36. The third kappa shape index (κ3) is 4.33. The van der Waals surface area contributed by atoms with Crippen molar-refractivity contribution in [2.24, 2.45) is 5.92 Å². The number of methoxy groups -OCH3 is 1. The molecule has 2 amide bonds. The quantitative estimate of drug-likeness (QED) is 0.783. The van der Waals surface area contributed by atoms with Crippen LogP contribution < -0.4 is 19.7 Å². The smallest absolute Gasteiger partial charge is 0.387 e. The Hall–Kier alpha value is -2.87. The Bertz CT molecular complexity index is 894. The molecule has 1 saturated heterocycles. The molecule has 1 atom stereocenters. The number of anilines is 2. The van der Waals surface area contributed by atoms with Crippen molar-refractivity contribution in [3.05, 3.63) is 47.5 Å². The molecule has 148 valence electrons. The average Bonchev–Trinajstić information content (AvgIpc) is 3.05. The molecule has 1 N–H and O–H groups in total. The minimum Gasteiger partial charge on any atom is -0.495 e. The predicted octanol–water partition coefficient (Wildman–Crippen LogP) is 3.94. The van der Waals surface area contributed by atoms with Crippen LogP contribution >= 0.6 is 11.6 Å². The Morgan fingerprint density at radius 3 is 2.68 bits per heavy atom. The summed E-state index contributed by atoms with van der Waals surface area (Å²) in [5, 5.41) is 2.59. The van der Waals surface area contributed by atoms with Gasteiger partial charge in [-0.25, -0.2) is 0 Å². The fourth-order valence-electron chi connectivity index (χ4n) is 2.98. The average molecular weight is 411 g/mol. The zero-order valence-electron chi connectivity index (χ0n) is 14.8. The van der Waals surface area contributed by atoms with Gasteiger partial charge in [-0.2, -0.15) is 8.78 Å². The second kappa shape index (κ2) is 8.43. The topological polar surface area (TPSA) is 67.9 Å². The van der Waals surface area contributed by atoms with Crippen LogP contribution in [0.1, 0.15) is 6.42 Å². The first kappa shape index (κ1) is 19.9. The van der Waals surface area contributed by atoms with Crippen molar-refractivity contribution >= 4 is 34.8 Å². The van der Waals surface area contributed by atoms with Gasteiger partial charge in [-0.3, -0.25) is 9.59 Å². The van der Waals surface area contributed by atoms with Gasteiger partial charge in [0.05, 0.1) is 23.7 Å². The van der Waals surface area contributed by atoms with Crippen LogP contribution in [-0.4, -0.2) is 32.1 Å². The first-order valence-corrected chi connectivity index (χ1v) is 8.75. The summed E-state index contributed by atoms with van der Waals surface area (Å²) in [4.78, 5) is 26.5. The van der Waals surface area contributed by atoms with E-state index in [-0.39, 0.29) is 35.6 Å². The lowest BCUT2D eigenvalue weighted by molar-refractivity contribution is -0.122. The number of hydrogen-bond acceptors (Lipinski definition) is 4. The molecule has 2 aromatic carbocycles. The minimum absolute atomic E-state index is 0.0458. The number of nitrogens with zero attached hydrogens (tertiary/aromatic N) is 1. The lowest BCUT2D eigenvalue weighted by Crippen LogP contribution is -2.28. The van der Waals surface area contributed by atoms with Gasteiger partial charge in [-0.1, -0.05) is 23.7 Å². The van der Waals surface area contributed by atoms with E-state index in [4.69, 9.17) is 16.3 Å². The van der Waals surface area contributed by atoms with Crippen LogP contribution in [0.25, 0.3) is 0 Å². The van der Waals surface area contributed by atoms with Gasteiger partial charge in [-0.05, 0) is 30.3 Å². The number of halogens is 3. The highest BCUT2D eigenvalue weighted by atomic mass is 35.5. The summed E-state index contributed by atoms with van der Waals surface area (Å²) in [5.41, 5.74) is 0.918. The maximum absolute atomic E-state index is 12.6. The van der Waals surface area contributed by atoms with E-state index >= 15 is 0 Å². The highest BCUT2D eigenvalue weighted by Crippen LogP contribution is 2.34. The fourth-order valence-corrected chi connectivity index (χ4v) is 3.21. The number of para-hydroxylation sites is 2. The molecule has 0 aromatic heterocycles. The van der Waals surface area contributed by atoms with Crippen molar-refractivity contribution in [3.63, 3.8) is 0 Å². The van der Waals surface area contributed by atoms with Crippen molar-refractivity contribution in [1.29, 1.82) is 0 Å². The molecule has 3 rings (SSSR count). The molecule has 0 bridgehead atoms. The van der Waals surface area contributed by atoms with E-state index in [0.29, 0.717) is 17.1 Å². The summed E-state index contributed by atoms with van der Waals surface area (Å²) in [5.74, 6) is -0.785. The van der Waals surface area contributed by atoms with Crippen LogP contribution in [0.15, 0.2) is 42.5 Å². The van der Waals surface area contributed by atoms with E-state index < -0.39 is 12.5 Å². The largest absolute Gasteiger partial charge is 0.495 e. The Morgan fingerprint density at radius 2 is 2.00 bits per heavy atom. The molecule has 6 nitrogen and oxygen atoms in total. The Balaban J connectivity index is 1.69. The van der Waals surface area contributed by atoms with E-state index in [0.717, 1.165) is 0 Å². The molecule has 2 aromatic rings. The zero-order chi connectivity index (χ0) is 20.3. The van der Waals surface area contributed by atoms with Gasteiger partial charge in [0, 0.05) is 18.7 Å². The molecule has 1 aliphatic rings. The Kier molecular flexibility index (Phi) is 5.99. The number of amides is 2. The van der Waals surface area contributed by atoms with Crippen molar-refractivity contribution in [1.82, 2.24) is 0 Å². The van der Waals surface area contributed by atoms with E-state index in [1.165, 1.54) is 30.2 Å². The second-order valence-electron chi connectivity index (χ2n) is 6.09. The number of carbonyl (C=O) groups is 2. The standard InChI is InChI=1S/C19H17ClF2N2O4/c1-27-16-5-3-2-4-14(16)24-10-11(8-17(24)25)18(26)23-12-6-7-15(13(20)9-12)28-19(21)22/h2-7,9,11,19H,8,10H2,1H3,(H,23,26)/t11-/m0/s1. The summed E-state index contributed by atoms with van der Waals surface area (Å²) in [6, 6.07) is 11.0. The summed E-state index contributed by atoms with van der Waals surface area (Å²) < 4.78 is 34.1. The predicted molar refractivity (Wildman–Crippen MR) is 100 cm³/mol. The summed E-state index contributed by atoms with van der Waals surface area (Å²) in [6.45, 7) is -2.80. The van der Waals surface area contributed by atoms with Crippen LogP contribution in [0.4, 0.5) is 20.2 Å². The molecule has 9 heteroatoms. The number of carbonyl (C=O) groups excluding carboxylic acids is 2. The van der Waals surface area contributed by atoms with Gasteiger partial charge < -0.3 is 19.7 Å². The number of rotatable bonds is 6. The van der Waals surface area contributed by atoms with Gasteiger partial charge in [0.1, 0.15) is 11.5 Å². The number of nitrogens with one attached hydrogen (secondary N) is 1. The van der Waals surface area contributed by atoms with Gasteiger partial charge in [0.2, 0.25) is 11.8 Å². The first-order valence-electron chi connectivity index (χ1n) is 8.37. The van der Waals surface area contributed by atoms with Gasteiger partial charge in [-0.15, -0.1) is 0 Å². The van der Waals surface area contributed by atoms with Gasteiger partial charge >= 0.3 is 6.61 Å². The second-order valence-corrected chi connectivity index (χ2v) is 6.50. The zero-order valence-corrected chi connectivity index (χ0v) is 15.6. The lowest BCUT2D eigenvalue weighted by atomic mass is 10.1. The van der Waals surface area contributed by atoms with E-state index in [2.05, 4.69) is 10.1 Å². The molecule has 1 fully saturated rings. The minimum atomic E-state index is -3.00. The van der Waals surface area contributed by atoms with E-state index in [1.807, 2.05) is 0 Å². The summed E-state index contributed by atoms with van der Waals surface area (Å²) in [6.07, 6.45) is 0.0458. The van der Waals surface area contributed by atoms with Gasteiger partial charge in [0.25, 0.3) is 0 Å². The summed E-state index contributed by atoms with van der Waals surface area (Å²) in [7, 11) is 1.51. The molecule has 0 radical (unpaired) electrons. The normalized spacial score (nSPS) is 16.4. The van der Waals surface area contributed by atoms with Crippen LogP contribution in [0.3, 0.4) is 0 Å². The molecule has 0 unspecified atom stereocenters. The van der Waals surface area contributed by atoms with Crippen LogP contribution in [-0.2, 0) is 9.59 Å². The van der Waals surface area contributed by atoms with E-state index in [1.54, 1.807) is 24.3 Å². The number of hydrogen-bond donors (Lipinski definition) is 1. The van der Waals surface area contributed by atoms with Crippen LogP contribution in [0.5, 0.6) is 11.5 Å². The Morgan fingerprint density at radius 1 is 1.25 bits per heavy atom. The molecule has 0 spiro atoms. The third-order valence-corrected chi connectivity index (χ3v) is 4.58. The number of benzene rings is 2. The lowest BCUT2D eigenvalue weighted by Gasteiger charge is -2.19. The number of ether oxygens (including phenoxy) is 2. The fraction of sp³-hybridized carbons (Fsp3) is 0.263. The molecule has 0 saturated carbocycles. The van der Waals surface area contributed by atoms with Crippen molar-refractivity contribution < 1.29 is 27.8 Å². The molecule has 28 heavy (non-hydrogen) atoms. The summed E-state index contributed by atoms with van der Waals surface area (Å²) >= 11 is 5.89. The van der Waals surface area contributed by atoms with Gasteiger partial charge in [0.15, 0.2) is 0 Å². The first-order chi connectivity index (χ1) is 13.4. The molecular weight excluding hydrogens is 394 g/mol. The van der Waals surface area contributed by atoms with Crippen molar-refractivity contribution in [2.45, 2.75) is 13.0 Å². The monoisotopic (exact) mass is 410 g/mol. The maximum atomic E-state index is 12.6. The molecule has 1 aliphatic heterocycles. The van der Waals surface area contributed by atoms with Crippen molar-refractivity contribution in [2.75, 3.05) is 23.9 Å². The SMILES string of the molecule is COc1ccccc1N1C[C@@H](C(=O)Nc2ccc(OC(F)F)c(Cl)c2)CC1=O. The van der Waals surface area contributed by atoms with E-state index in [9.17, 15) is 18.4 Å². The number of alkyl halides is 2. The molecule has 0 aliphatic carbocycles. The Labute approximate surface area is 165 Å². The van der Waals surface area contributed by atoms with Crippen molar-refractivity contribution in [3.8, 4) is 11.5 Å². The highest BCUT2D eigenvalue weighted by molar-refractivity contribution is 6.32.